The van der Waals surface area contributed by atoms with E-state index in [4.69, 9.17) is 4.74 Å². The van der Waals surface area contributed by atoms with Crippen LogP contribution in [0.5, 0.6) is 11.5 Å². The molecule has 1 atom stereocenters. The Morgan fingerprint density at radius 1 is 0.840 bits per heavy atom. The molecule has 0 aliphatic heterocycles. The maximum Gasteiger partial charge on any atom is 0.174 e. The normalized spacial score (nSPS) is 13.2. The molecule has 25 heavy (non-hydrogen) atoms. The fraction of sp³-hybridized carbons (Fsp3) is 0.143. The summed E-state index contributed by atoms with van der Waals surface area (Å²) in [6.45, 7) is 3.97. The molecule has 4 heteroatoms. The van der Waals surface area contributed by atoms with Crippen molar-refractivity contribution in [1.82, 2.24) is 0 Å². The topological polar surface area (TPSA) is 46.5 Å². The van der Waals surface area contributed by atoms with Crippen LogP contribution in [-0.4, -0.2) is 12.2 Å². The van der Waals surface area contributed by atoms with Crippen molar-refractivity contribution in [3.8, 4) is 11.5 Å². The number of ether oxygens (including phenoxy) is 1. The first-order chi connectivity index (χ1) is 11.9. The third-order valence-electron chi connectivity index (χ3n) is 4.21. The van der Waals surface area contributed by atoms with Gasteiger partial charge in [-0.15, -0.1) is 0 Å². The van der Waals surface area contributed by atoms with Gasteiger partial charge in [-0.25, -0.2) is 0 Å². The van der Waals surface area contributed by atoms with Crippen LogP contribution < -0.4 is 20.7 Å². The summed E-state index contributed by atoms with van der Waals surface area (Å²) in [5.74, 6) is 0.570. The molecule has 128 valence electrons. The molecule has 3 rings (SSSR count). The van der Waals surface area contributed by atoms with Gasteiger partial charge in [0.05, 0.1) is 12.4 Å². The summed E-state index contributed by atoms with van der Waals surface area (Å²) in [5.41, 5.74) is 2.07. The minimum atomic E-state index is -3.24. The minimum Gasteiger partial charge on any atom is -0.507 e. The second-order valence-corrected chi connectivity index (χ2v) is 8.88. The highest BCUT2D eigenvalue weighted by atomic mass is 31.2. The maximum atomic E-state index is 14.4. The molecule has 0 bridgehead atoms. The Morgan fingerprint density at radius 2 is 1.48 bits per heavy atom. The Labute approximate surface area is 148 Å². The van der Waals surface area contributed by atoms with Crippen LogP contribution >= 0.6 is 7.14 Å². The average Bonchev–Trinajstić information content (AvgIpc) is 2.61. The predicted octanol–water partition coefficient (Wildman–Crippen LogP) is 3.66. The van der Waals surface area contributed by atoms with Crippen LogP contribution in [0.15, 0.2) is 66.7 Å². The van der Waals surface area contributed by atoms with Crippen LogP contribution in [-0.2, 0) is 4.57 Å². The molecule has 0 saturated heterocycles. The number of methoxy groups -OCH3 is 1. The average molecular weight is 352 g/mol. The highest BCUT2D eigenvalue weighted by Gasteiger charge is 2.33. The Bertz CT molecular complexity index is 928. The maximum absolute atomic E-state index is 14.4. The monoisotopic (exact) mass is 352 g/mol. The van der Waals surface area contributed by atoms with Gasteiger partial charge in [-0.1, -0.05) is 47.5 Å². The van der Waals surface area contributed by atoms with Crippen molar-refractivity contribution >= 4 is 23.1 Å². The molecule has 0 saturated carbocycles. The lowest BCUT2D eigenvalue weighted by molar-refractivity contribution is 0.413. The molecule has 0 heterocycles. The molecule has 3 nitrogen and oxygen atoms in total. The smallest absolute Gasteiger partial charge is 0.174 e. The summed E-state index contributed by atoms with van der Waals surface area (Å²) in [4.78, 5) is 0. The molecule has 0 radical (unpaired) electrons. The highest BCUT2D eigenvalue weighted by Crippen LogP contribution is 2.46. The molecule has 1 N–H and O–H groups in total. The SMILES string of the molecule is COc1ccc(O)c([P@@](=O)(c2ccccc2)c2cc(C)cc(C)c2)c1. The van der Waals surface area contributed by atoms with Gasteiger partial charge in [0.15, 0.2) is 7.14 Å². The first-order valence-corrected chi connectivity index (χ1v) is 9.78. The number of phenolic OH excluding ortho intramolecular Hbond substituents is 1. The van der Waals surface area contributed by atoms with E-state index in [-0.39, 0.29) is 5.75 Å². The first kappa shape index (κ1) is 17.3. The van der Waals surface area contributed by atoms with Crippen molar-refractivity contribution in [2.24, 2.45) is 0 Å². The summed E-state index contributed by atoms with van der Waals surface area (Å²) in [6, 6.07) is 20.1. The van der Waals surface area contributed by atoms with Gasteiger partial charge in [0.25, 0.3) is 0 Å². The van der Waals surface area contributed by atoms with Crippen LogP contribution in [0.1, 0.15) is 11.1 Å². The van der Waals surface area contributed by atoms with Crippen molar-refractivity contribution in [2.75, 3.05) is 7.11 Å². The summed E-state index contributed by atoms with van der Waals surface area (Å²) >= 11 is 0. The lowest BCUT2D eigenvalue weighted by Gasteiger charge is -2.22. The number of aromatic hydroxyl groups is 1. The molecule has 3 aromatic rings. The van der Waals surface area contributed by atoms with E-state index in [0.29, 0.717) is 21.7 Å². The molecule has 3 aromatic carbocycles. The summed E-state index contributed by atoms with van der Waals surface area (Å²) in [6.07, 6.45) is 0. The van der Waals surface area contributed by atoms with Crippen molar-refractivity contribution in [3.05, 3.63) is 77.9 Å². The van der Waals surface area contributed by atoms with Crippen molar-refractivity contribution < 1.29 is 14.4 Å². The Morgan fingerprint density at radius 3 is 2.08 bits per heavy atom. The largest absolute Gasteiger partial charge is 0.507 e. The quantitative estimate of drug-likeness (QED) is 0.729. The van der Waals surface area contributed by atoms with Crippen LogP contribution in [0.25, 0.3) is 0 Å². The third kappa shape index (κ3) is 3.20. The molecular weight excluding hydrogens is 331 g/mol. The zero-order valence-corrected chi connectivity index (χ0v) is 15.5. The second kappa shape index (κ2) is 6.78. The summed E-state index contributed by atoms with van der Waals surface area (Å²) in [7, 11) is -1.68. The van der Waals surface area contributed by atoms with Gasteiger partial charge in [0, 0.05) is 10.6 Å². The molecule has 0 unspecified atom stereocenters. The van der Waals surface area contributed by atoms with E-state index < -0.39 is 7.14 Å². The van der Waals surface area contributed by atoms with Gasteiger partial charge >= 0.3 is 0 Å². The molecule has 0 spiro atoms. The zero-order valence-electron chi connectivity index (χ0n) is 14.6. The standard InChI is InChI=1S/C21H21O3P/c1-15-11-16(2)13-19(12-15)25(23,18-7-5-4-6-8-18)21-14-17(24-3)9-10-20(21)22/h4-14,22H,1-3H3/t25-/m1/s1. The van der Waals surface area contributed by atoms with Gasteiger partial charge in [-0.2, -0.15) is 0 Å². The van der Waals surface area contributed by atoms with Crippen LogP contribution in [0.4, 0.5) is 0 Å². The van der Waals surface area contributed by atoms with Crippen LogP contribution in [0.3, 0.4) is 0 Å². The minimum absolute atomic E-state index is 0.00662. The number of benzene rings is 3. The lowest BCUT2D eigenvalue weighted by atomic mass is 10.2. The van der Waals surface area contributed by atoms with E-state index in [0.717, 1.165) is 11.1 Å². The molecule has 0 aromatic heterocycles. The molecular formula is C21H21O3P. The van der Waals surface area contributed by atoms with Gasteiger partial charge in [0.1, 0.15) is 11.5 Å². The van der Waals surface area contributed by atoms with E-state index in [1.165, 1.54) is 6.07 Å². The molecule has 0 fully saturated rings. The van der Waals surface area contributed by atoms with Crippen molar-refractivity contribution in [2.45, 2.75) is 13.8 Å². The molecule has 0 aliphatic carbocycles. The van der Waals surface area contributed by atoms with Gasteiger partial charge < -0.3 is 14.4 Å². The molecule has 0 aliphatic rings. The Kier molecular flexibility index (Phi) is 4.69. The van der Waals surface area contributed by atoms with Gasteiger partial charge in [-0.3, -0.25) is 0 Å². The fourth-order valence-electron chi connectivity index (χ4n) is 3.08. The van der Waals surface area contributed by atoms with Crippen molar-refractivity contribution in [3.63, 3.8) is 0 Å². The fourth-order valence-corrected chi connectivity index (χ4v) is 6.00. The second-order valence-electron chi connectivity index (χ2n) is 6.15. The number of aryl methyl sites for hydroxylation is 2. The van der Waals surface area contributed by atoms with E-state index in [9.17, 15) is 9.67 Å². The summed E-state index contributed by atoms with van der Waals surface area (Å²) in [5, 5.41) is 12.3. The predicted molar refractivity (Wildman–Crippen MR) is 104 cm³/mol. The zero-order chi connectivity index (χ0) is 18.0. The first-order valence-electron chi connectivity index (χ1n) is 8.07. The van der Waals surface area contributed by atoms with Gasteiger partial charge in [0.2, 0.25) is 0 Å². The van der Waals surface area contributed by atoms with Crippen LogP contribution in [0.2, 0.25) is 0 Å². The number of rotatable bonds is 4. The number of hydrogen-bond donors (Lipinski definition) is 1. The van der Waals surface area contributed by atoms with E-state index >= 15 is 0 Å². The van der Waals surface area contributed by atoms with Crippen molar-refractivity contribution in [1.29, 1.82) is 0 Å². The number of hydrogen-bond acceptors (Lipinski definition) is 3. The van der Waals surface area contributed by atoms with E-state index in [1.54, 1.807) is 19.2 Å². The van der Waals surface area contributed by atoms with E-state index in [1.807, 2.05) is 62.4 Å². The molecule has 0 amide bonds. The Hall–Kier alpha value is -2.51. The lowest BCUT2D eigenvalue weighted by Crippen LogP contribution is -2.26. The summed E-state index contributed by atoms with van der Waals surface area (Å²) < 4.78 is 19.7. The third-order valence-corrected chi connectivity index (χ3v) is 7.26. The van der Waals surface area contributed by atoms with Crippen LogP contribution in [0, 0.1) is 13.8 Å². The number of phenols is 1. The highest BCUT2D eigenvalue weighted by molar-refractivity contribution is 7.85. The van der Waals surface area contributed by atoms with Gasteiger partial charge in [-0.05, 0) is 44.2 Å². The van der Waals surface area contributed by atoms with E-state index in [2.05, 4.69) is 0 Å². The Balaban J connectivity index is 2.37.